The van der Waals surface area contributed by atoms with Crippen LogP contribution in [0.1, 0.15) is 32.6 Å². The van der Waals surface area contributed by atoms with Crippen LogP contribution >= 0.6 is 0 Å². The quantitative estimate of drug-likeness (QED) is 0.654. The Hall–Kier alpha value is -0.120. The van der Waals surface area contributed by atoms with Gasteiger partial charge in [-0.3, -0.25) is 4.90 Å². The smallest absolute Gasteiger partial charge is 0.110 e. The molecule has 0 aromatic carbocycles. The van der Waals surface area contributed by atoms with Gasteiger partial charge in [-0.2, -0.15) is 0 Å². The van der Waals surface area contributed by atoms with Crippen LogP contribution in [-0.4, -0.2) is 60.9 Å². The van der Waals surface area contributed by atoms with E-state index < -0.39 is 0 Å². The molecule has 2 rings (SSSR count). The number of rotatable bonds is 3. The fraction of sp³-hybridized carbons (Fsp3) is 1.00. The summed E-state index contributed by atoms with van der Waals surface area (Å²) in [6.07, 6.45) is 6.14. The Morgan fingerprint density at radius 2 is 1.87 bits per heavy atom. The highest BCUT2D eigenvalue weighted by Gasteiger charge is 2.40. The van der Waals surface area contributed by atoms with E-state index in [-0.39, 0.29) is 0 Å². The number of fused-ring (bicyclic) bond motifs is 1. The summed E-state index contributed by atoms with van der Waals surface area (Å²) in [5.41, 5.74) is 0. The minimum atomic E-state index is 0.736. The zero-order valence-corrected chi connectivity index (χ0v) is 10.6. The molecule has 0 saturated carbocycles. The highest BCUT2D eigenvalue weighted by molar-refractivity contribution is 4.80. The maximum Gasteiger partial charge on any atom is 0.110 e. The van der Waals surface area contributed by atoms with Crippen LogP contribution in [0.5, 0.6) is 0 Å². The first-order valence-corrected chi connectivity index (χ1v) is 6.49. The average Bonchev–Trinajstić information content (AvgIpc) is 2.64. The highest BCUT2D eigenvalue weighted by Crippen LogP contribution is 2.28. The van der Waals surface area contributed by atoms with Crippen molar-refractivity contribution in [1.82, 2.24) is 9.91 Å². The molecule has 2 heterocycles. The fourth-order valence-corrected chi connectivity index (χ4v) is 3.30. The second-order valence-corrected chi connectivity index (χ2v) is 5.52. The lowest BCUT2D eigenvalue weighted by Crippen LogP contribution is -2.64. The van der Waals surface area contributed by atoms with Gasteiger partial charge in [-0.15, -0.1) is 5.01 Å². The van der Waals surface area contributed by atoms with E-state index in [1.807, 2.05) is 0 Å². The number of hydrogen-bond acceptors (Lipinski definition) is 2. The van der Waals surface area contributed by atoms with Crippen LogP contribution in [0.3, 0.4) is 0 Å². The molecule has 0 N–H and O–H groups in total. The van der Waals surface area contributed by atoms with Crippen molar-refractivity contribution in [3.63, 3.8) is 0 Å². The van der Waals surface area contributed by atoms with Gasteiger partial charge in [-0.25, -0.2) is 4.59 Å². The monoisotopic (exact) mass is 212 g/mol. The summed E-state index contributed by atoms with van der Waals surface area (Å²) in [5.74, 6) is 0. The summed E-state index contributed by atoms with van der Waals surface area (Å²) in [5, 5.41) is 2.71. The first-order chi connectivity index (χ1) is 7.15. The normalized spacial score (nSPS) is 29.4. The molecule has 2 aliphatic rings. The van der Waals surface area contributed by atoms with Gasteiger partial charge in [0.1, 0.15) is 6.17 Å². The van der Waals surface area contributed by atoms with Crippen LogP contribution < -0.4 is 0 Å². The molecule has 0 bridgehead atoms. The minimum absolute atomic E-state index is 0.736. The largest absolute Gasteiger partial charge is 0.284 e. The number of quaternary nitrogens is 1. The third kappa shape index (κ3) is 2.19. The van der Waals surface area contributed by atoms with E-state index in [1.165, 1.54) is 51.9 Å². The Morgan fingerprint density at radius 3 is 2.60 bits per heavy atom. The van der Waals surface area contributed by atoms with Crippen molar-refractivity contribution in [2.75, 3.05) is 40.3 Å². The van der Waals surface area contributed by atoms with Crippen molar-refractivity contribution in [2.45, 2.75) is 38.8 Å². The van der Waals surface area contributed by atoms with Crippen LogP contribution in [0.15, 0.2) is 0 Å². The molecular formula is C12H26N3+. The van der Waals surface area contributed by atoms with Crippen molar-refractivity contribution >= 4 is 0 Å². The lowest BCUT2D eigenvalue weighted by molar-refractivity contribution is -1.01. The molecule has 2 fully saturated rings. The van der Waals surface area contributed by atoms with Gasteiger partial charge in [0.25, 0.3) is 0 Å². The Balaban J connectivity index is 2.06. The van der Waals surface area contributed by atoms with Crippen LogP contribution in [0, 0.1) is 0 Å². The van der Waals surface area contributed by atoms with Crippen molar-refractivity contribution in [3.05, 3.63) is 0 Å². The first kappa shape index (κ1) is 11.4. The molecule has 15 heavy (non-hydrogen) atoms. The van der Waals surface area contributed by atoms with Gasteiger partial charge < -0.3 is 0 Å². The molecule has 0 aromatic heterocycles. The predicted molar refractivity (Wildman–Crippen MR) is 63.2 cm³/mol. The molecule has 0 spiro atoms. The molecule has 2 saturated heterocycles. The summed E-state index contributed by atoms with van der Waals surface area (Å²) in [6.45, 7) is 7.50. The lowest BCUT2D eigenvalue weighted by Gasteiger charge is -2.48. The van der Waals surface area contributed by atoms with E-state index in [4.69, 9.17) is 0 Å². The highest BCUT2D eigenvalue weighted by atomic mass is 15.8. The van der Waals surface area contributed by atoms with E-state index in [9.17, 15) is 0 Å². The van der Waals surface area contributed by atoms with Gasteiger partial charge in [-0.05, 0) is 32.2 Å². The van der Waals surface area contributed by atoms with Crippen molar-refractivity contribution in [3.8, 4) is 0 Å². The first-order valence-electron chi connectivity index (χ1n) is 6.49. The Morgan fingerprint density at radius 1 is 1.13 bits per heavy atom. The van der Waals surface area contributed by atoms with Gasteiger partial charge >= 0.3 is 0 Å². The molecule has 0 amide bonds. The topological polar surface area (TPSA) is 6.48 Å². The van der Waals surface area contributed by atoms with Gasteiger partial charge in [0.15, 0.2) is 0 Å². The van der Waals surface area contributed by atoms with Crippen LogP contribution in [0.2, 0.25) is 0 Å². The Bertz CT molecular complexity index is 215. The Kier molecular flexibility index (Phi) is 3.33. The maximum atomic E-state index is 2.71. The SMILES string of the molecule is CCC[N+](C)(C)N1CCCN2CCCC21. The molecule has 1 atom stereocenters. The fourth-order valence-electron chi connectivity index (χ4n) is 3.30. The molecule has 0 aliphatic carbocycles. The van der Waals surface area contributed by atoms with Gasteiger partial charge in [0.05, 0.1) is 27.2 Å². The lowest BCUT2D eigenvalue weighted by atomic mass is 10.2. The van der Waals surface area contributed by atoms with Crippen molar-refractivity contribution < 1.29 is 4.59 Å². The van der Waals surface area contributed by atoms with Gasteiger partial charge in [0, 0.05) is 6.54 Å². The molecule has 88 valence electrons. The molecule has 0 radical (unpaired) electrons. The zero-order valence-electron chi connectivity index (χ0n) is 10.6. The predicted octanol–water partition coefficient (Wildman–Crippen LogP) is 1.52. The van der Waals surface area contributed by atoms with Crippen molar-refractivity contribution in [1.29, 1.82) is 0 Å². The minimum Gasteiger partial charge on any atom is -0.284 e. The van der Waals surface area contributed by atoms with Crippen LogP contribution in [0.25, 0.3) is 0 Å². The molecule has 2 aliphatic heterocycles. The van der Waals surface area contributed by atoms with Gasteiger partial charge in [0.2, 0.25) is 0 Å². The molecule has 3 nitrogen and oxygen atoms in total. The van der Waals surface area contributed by atoms with E-state index in [1.54, 1.807) is 0 Å². The third-order valence-electron chi connectivity index (χ3n) is 3.97. The van der Waals surface area contributed by atoms with Gasteiger partial charge in [-0.1, -0.05) is 6.92 Å². The second kappa shape index (κ2) is 4.40. The Labute approximate surface area is 94.2 Å². The summed E-state index contributed by atoms with van der Waals surface area (Å²) in [4.78, 5) is 2.68. The molecule has 0 aromatic rings. The van der Waals surface area contributed by atoms with Crippen LogP contribution in [0.4, 0.5) is 0 Å². The van der Waals surface area contributed by atoms with E-state index in [0.717, 1.165) is 10.8 Å². The zero-order chi connectivity index (χ0) is 10.9. The molecule has 1 unspecified atom stereocenters. The second-order valence-electron chi connectivity index (χ2n) is 5.52. The summed E-state index contributed by atoms with van der Waals surface area (Å²) in [6, 6.07) is 0. The maximum absolute atomic E-state index is 2.71. The van der Waals surface area contributed by atoms with E-state index in [2.05, 4.69) is 30.9 Å². The third-order valence-corrected chi connectivity index (χ3v) is 3.97. The molecule has 3 heteroatoms. The number of hydrogen-bond donors (Lipinski definition) is 0. The standard InChI is InChI=1S/C12H26N3/c1-4-11-15(2,3)14-10-6-9-13-8-5-7-12(13)14/h12H,4-11H2,1-3H3/q+1. The van der Waals surface area contributed by atoms with Crippen LogP contribution in [-0.2, 0) is 0 Å². The number of nitrogens with zero attached hydrogens (tertiary/aromatic N) is 3. The van der Waals surface area contributed by atoms with Crippen molar-refractivity contribution in [2.24, 2.45) is 0 Å². The summed E-state index contributed by atoms with van der Waals surface area (Å²) < 4.78 is 1.08. The van der Waals surface area contributed by atoms with E-state index >= 15 is 0 Å². The summed E-state index contributed by atoms with van der Waals surface area (Å²) >= 11 is 0. The molecular weight excluding hydrogens is 186 g/mol. The summed E-state index contributed by atoms with van der Waals surface area (Å²) in [7, 11) is 4.73. The average molecular weight is 212 g/mol. The van der Waals surface area contributed by atoms with E-state index in [0.29, 0.717) is 0 Å².